The molecule has 1 aliphatic heterocycles. The SMILES string of the molecule is COc1cccc(NC(=O)CN(C)C(=O)CN2CCN(C(=O)Cc3ccc(C)cc3)CC2)c1. The van der Waals surface area contributed by atoms with Crippen molar-refractivity contribution in [3.8, 4) is 5.75 Å². The molecule has 0 bridgehead atoms. The van der Waals surface area contributed by atoms with Crippen molar-refractivity contribution >= 4 is 23.4 Å². The van der Waals surface area contributed by atoms with Gasteiger partial charge in [0.2, 0.25) is 17.7 Å². The number of amides is 3. The summed E-state index contributed by atoms with van der Waals surface area (Å²) in [5.74, 6) is 0.353. The first-order valence-corrected chi connectivity index (χ1v) is 11.1. The number of aryl methyl sites for hydroxylation is 1. The fourth-order valence-corrected chi connectivity index (χ4v) is 3.66. The molecule has 0 saturated carbocycles. The van der Waals surface area contributed by atoms with E-state index in [1.54, 1.807) is 38.4 Å². The van der Waals surface area contributed by atoms with E-state index in [9.17, 15) is 14.4 Å². The Morgan fingerprint density at radius 1 is 1.03 bits per heavy atom. The van der Waals surface area contributed by atoms with Crippen molar-refractivity contribution in [2.45, 2.75) is 13.3 Å². The molecule has 0 radical (unpaired) electrons. The van der Waals surface area contributed by atoms with E-state index in [2.05, 4.69) is 5.32 Å². The smallest absolute Gasteiger partial charge is 0.243 e. The molecule has 176 valence electrons. The van der Waals surface area contributed by atoms with Gasteiger partial charge in [0.25, 0.3) is 0 Å². The lowest BCUT2D eigenvalue weighted by molar-refractivity contribution is -0.136. The number of hydrogen-bond donors (Lipinski definition) is 1. The second kappa shape index (κ2) is 11.5. The molecule has 3 amide bonds. The molecule has 1 heterocycles. The number of rotatable bonds is 8. The van der Waals surface area contributed by atoms with Crippen LogP contribution in [-0.2, 0) is 20.8 Å². The Morgan fingerprint density at radius 3 is 2.39 bits per heavy atom. The second-order valence-electron chi connectivity index (χ2n) is 8.35. The van der Waals surface area contributed by atoms with Crippen molar-refractivity contribution in [1.29, 1.82) is 0 Å². The number of nitrogens with one attached hydrogen (secondary N) is 1. The predicted octanol–water partition coefficient (Wildman–Crippen LogP) is 1.79. The summed E-state index contributed by atoms with van der Waals surface area (Å²) in [5, 5.41) is 2.78. The van der Waals surface area contributed by atoms with Gasteiger partial charge in [-0.15, -0.1) is 0 Å². The largest absolute Gasteiger partial charge is 0.497 e. The monoisotopic (exact) mass is 452 g/mol. The highest BCUT2D eigenvalue weighted by Crippen LogP contribution is 2.16. The molecule has 0 unspecified atom stereocenters. The summed E-state index contributed by atoms with van der Waals surface area (Å²) in [6.07, 6.45) is 0.393. The Kier molecular flexibility index (Phi) is 8.43. The Labute approximate surface area is 195 Å². The maximum absolute atomic E-state index is 12.6. The minimum absolute atomic E-state index is 0.0367. The van der Waals surface area contributed by atoms with Crippen molar-refractivity contribution < 1.29 is 19.1 Å². The molecule has 2 aromatic rings. The van der Waals surface area contributed by atoms with Gasteiger partial charge in [0.1, 0.15) is 5.75 Å². The number of likely N-dealkylation sites (N-methyl/N-ethyl adjacent to an activating group) is 1. The summed E-state index contributed by atoms with van der Waals surface area (Å²) >= 11 is 0. The normalized spacial score (nSPS) is 14.0. The van der Waals surface area contributed by atoms with Crippen molar-refractivity contribution in [2.75, 3.05) is 58.7 Å². The van der Waals surface area contributed by atoms with Gasteiger partial charge in [-0.05, 0) is 24.6 Å². The van der Waals surface area contributed by atoms with Crippen LogP contribution in [0.3, 0.4) is 0 Å². The zero-order valence-corrected chi connectivity index (χ0v) is 19.5. The molecule has 2 aromatic carbocycles. The quantitative estimate of drug-likeness (QED) is 0.660. The van der Waals surface area contributed by atoms with Crippen LogP contribution in [0.15, 0.2) is 48.5 Å². The number of piperazine rings is 1. The first-order chi connectivity index (χ1) is 15.8. The van der Waals surface area contributed by atoms with E-state index in [1.807, 2.05) is 41.0 Å². The summed E-state index contributed by atoms with van der Waals surface area (Å²) in [6, 6.07) is 15.1. The number of benzene rings is 2. The highest BCUT2D eigenvalue weighted by atomic mass is 16.5. The summed E-state index contributed by atoms with van der Waals surface area (Å²) < 4.78 is 5.15. The third kappa shape index (κ3) is 7.32. The van der Waals surface area contributed by atoms with E-state index < -0.39 is 0 Å². The second-order valence-corrected chi connectivity index (χ2v) is 8.35. The summed E-state index contributed by atoms with van der Waals surface area (Å²) in [7, 11) is 3.18. The van der Waals surface area contributed by atoms with Crippen LogP contribution in [-0.4, -0.2) is 85.8 Å². The minimum atomic E-state index is -0.273. The highest BCUT2D eigenvalue weighted by molar-refractivity contribution is 5.94. The van der Waals surface area contributed by atoms with E-state index in [1.165, 1.54) is 10.5 Å². The lowest BCUT2D eigenvalue weighted by Crippen LogP contribution is -2.52. The summed E-state index contributed by atoms with van der Waals surface area (Å²) in [6.45, 7) is 4.67. The van der Waals surface area contributed by atoms with Gasteiger partial charge in [0.05, 0.1) is 26.6 Å². The van der Waals surface area contributed by atoms with Crippen LogP contribution >= 0.6 is 0 Å². The Hall–Kier alpha value is -3.39. The van der Waals surface area contributed by atoms with Gasteiger partial charge in [0.15, 0.2) is 0 Å². The molecule has 1 saturated heterocycles. The first-order valence-electron chi connectivity index (χ1n) is 11.1. The topological polar surface area (TPSA) is 82.2 Å². The molecule has 0 aliphatic carbocycles. The van der Waals surface area contributed by atoms with Crippen LogP contribution in [0.4, 0.5) is 5.69 Å². The summed E-state index contributed by atoms with van der Waals surface area (Å²) in [5.41, 5.74) is 2.80. The van der Waals surface area contributed by atoms with Crippen LogP contribution in [0.1, 0.15) is 11.1 Å². The molecule has 0 spiro atoms. The standard InChI is InChI=1S/C25H32N4O4/c1-19-7-9-20(10-8-19)15-24(31)29-13-11-28(12-14-29)18-25(32)27(2)17-23(30)26-21-5-4-6-22(16-21)33-3/h4-10,16H,11-15,17-18H2,1-3H3,(H,26,30). The maximum Gasteiger partial charge on any atom is 0.243 e. The number of ether oxygens (including phenoxy) is 1. The van der Waals surface area contributed by atoms with Crippen molar-refractivity contribution in [3.63, 3.8) is 0 Å². The molecule has 0 atom stereocenters. The lowest BCUT2D eigenvalue weighted by atomic mass is 10.1. The van der Waals surface area contributed by atoms with Gasteiger partial charge >= 0.3 is 0 Å². The molecule has 1 fully saturated rings. The molecule has 8 nitrogen and oxygen atoms in total. The minimum Gasteiger partial charge on any atom is -0.497 e. The van der Waals surface area contributed by atoms with E-state index in [0.717, 1.165) is 5.56 Å². The molecule has 3 rings (SSSR count). The Morgan fingerprint density at radius 2 is 1.73 bits per heavy atom. The van der Waals surface area contributed by atoms with Crippen molar-refractivity contribution in [2.24, 2.45) is 0 Å². The lowest BCUT2D eigenvalue weighted by Gasteiger charge is -2.35. The number of anilines is 1. The average Bonchev–Trinajstić information content (AvgIpc) is 2.81. The number of carbonyl (C=O) groups is 3. The van der Waals surface area contributed by atoms with Gasteiger partial charge in [-0.2, -0.15) is 0 Å². The maximum atomic E-state index is 12.6. The number of hydrogen-bond acceptors (Lipinski definition) is 5. The van der Waals surface area contributed by atoms with Gasteiger partial charge < -0.3 is 19.9 Å². The third-order valence-corrected chi connectivity index (χ3v) is 5.72. The molecule has 1 N–H and O–H groups in total. The fraction of sp³-hybridized carbons (Fsp3) is 0.400. The average molecular weight is 453 g/mol. The van der Waals surface area contributed by atoms with Crippen LogP contribution < -0.4 is 10.1 Å². The van der Waals surface area contributed by atoms with Crippen molar-refractivity contribution in [1.82, 2.24) is 14.7 Å². The fourth-order valence-electron chi connectivity index (χ4n) is 3.66. The van der Waals surface area contributed by atoms with E-state index in [-0.39, 0.29) is 30.8 Å². The van der Waals surface area contributed by atoms with Gasteiger partial charge in [-0.1, -0.05) is 35.9 Å². The Bertz CT molecular complexity index is 969. The van der Waals surface area contributed by atoms with Crippen LogP contribution in [0, 0.1) is 6.92 Å². The zero-order chi connectivity index (χ0) is 23.8. The number of methoxy groups -OCH3 is 1. The van der Waals surface area contributed by atoms with E-state index in [4.69, 9.17) is 4.74 Å². The van der Waals surface area contributed by atoms with E-state index in [0.29, 0.717) is 44.0 Å². The number of nitrogens with zero attached hydrogens (tertiary/aromatic N) is 3. The molecular weight excluding hydrogens is 420 g/mol. The Balaban J connectivity index is 1.40. The highest BCUT2D eigenvalue weighted by Gasteiger charge is 2.24. The molecule has 33 heavy (non-hydrogen) atoms. The van der Waals surface area contributed by atoms with Gasteiger partial charge in [0, 0.05) is 45.0 Å². The molecule has 1 aliphatic rings. The zero-order valence-electron chi connectivity index (χ0n) is 19.5. The van der Waals surface area contributed by atoms with Crippen LogP contribution in [0.25, 0.3) is 0 Å². The molecule has 0 aromatic heterocycles. The molecule has 8 heteroatoms. The number of carbonyl (C=O) groups excluding carboxylic acids is 3. The van der Waals surface area contributed by atoms with Gasteiger partial charge in [-0.25, -0.2) is 0 Å². The third-order valence-electron chi connectivity index (χ3n) is 5.72. The van der Waals surface area contributed by atoms with Gasteiger partial charge in [-0.3, -0.25) is 19.3 Å². The summed E-state index contributed by atoms with van der Waals surface area (Å²) in [4.78, 5) is 42.8. The van der Waals surface area contributed by atoms with Crippen molar-refractivity contribution in [3.05, 3.63) is 59.7 Å². The molecular formula is C25H32N4O4. The van der Waals surface area contributed by atoms with Crippen LogP contribution in [0.5, 0.6) is 5.75 Å². The predicted molar refractivity (Wildman–Crippen MR) is 127 cm³/mol. The van der Waals surface area contributed by atoms with Crippen LogP contribution in [0.2, 0.25) is 0 Å². The van der Waals surface area contributed by atoms with E-state index >= 15 is 0 Å². The first kappa shape index (κ1) is 24.3.